The third-order valence-electron chi connectivity index (χ3n) is 4.09. The average molecular weight is 328 g/mol. The Bertz CT molecular complexity index is 429. The maximum atomic E-state index is 4.31. The van der Waals surface area contributed by atoms with E-state index in [9.17, 15) is 0 Å². The summed E-state index contributed by atoms with van der Waals surface area (Å²) in [6.07, 6.45) is 6.69. The molecule has 1 saturated carbocycles. The van der Waals surface area contributed by atoms with E-state index in [2.05, 4.69) is 55.5 Å². The van der Waals surface area contributed by atoms with Gasteiger partial charge in [-0.1, -0.05) is 12.8 Å². The van der Waals surface area contributed by atoms with Crippen molar-refractivity contribution >= 4 is 27.6 Å². The van der Waals surface area contributed by atoms with Gasteiger partial charge in [0.1, 0.15) is 22.4 Å². The zero-order valence-corrected chi connectivity index (χ0v) is 13.4. The minimum Gasteiger partial charge on any atom is -0.372 e. The van der Waals surface area contributed by atoms with Gasteiger partial charge in [-0.05, 0) is 42.9 Å². The van der Waals surface area contributed by atoms with Crippen molar-refractivity contribution in [2.24, 2.45) is 0 Å². The summed E-state index contributed by atoms with van der Waals surface area (Å²) in [5.74, 6) is 1.66. The predicted octanol–water partition coefficient (Wildman–Crippen LogP) is 2.57. The largest absolute Gasteiger partial charge is 0.372 e. The van der Waals surface area contributed by atoms with Gasteiger partial charge in [-0.25, -0.2) is 9.97 Å². The minimum absolute atomic E-state index is 0.254. The van der Waals surface area contributed by atoms with Crippen LogP contribution in [0.3, 0.4) is 0 Å². The summed E-state index contributed by atoms with van der Waals surface area (Å²) < 4.78 is 0.893. The molecule has 0 aromatic carbocycles. The van der Waals surface area contributed by atoms with E-state index in [0.29, 0.717) is 0 Å². The van der Waals surface area contributed by atoms with E-state index in [1.165, 1.54) is 25.7 Å². The molecule has 0 saturated heterocycles. The molecule has 1 heterocycles. The molecule has 0 bridgehead atoms. The van der Waals surface area contributed by atoms with Gasteiger partial charge in [-0.2, -0.15) is 0 Å². The molecule has 5 nitrogen and oxygen atoms in total. The first-order valence-corrected chi connectivity index (χ1v) is 7.48. The fourth-order valence-corrected chi connectivity index (χ4v) is 3.27. The highest BCUT2D eigenvalue weighted by atomic mass is 79.9. The molecular weight excluding hydrogens is 306 g/mol. The Morgan fingerprint density at radius 2 is 1.89 bits per heavy atom. The Labute approximate surface area is 123 Å². The van der Waals surface area contributed by atoms with Crippen LogP contribution >= 0.6 is 15.9 Å². The van der Waals surface area contributed by atoms with Crippen LogP contribution in [0.2, 0.25) is 0 Å². The van der Waals surface area contributed by atoms with Crippen LogP contribution in [-0.4, -0.2) is 48.1 Å². The highest BCUT2D eigenvalue weighted by molar-refractivity contribution is 9.10. The molecule has 6 heteroatoms. The molecular formula is C13H22BrN5. The summed E-state index contributed by atoms with van der Waals surface area (Å²) in [4.78, 5) is 10.8. The molecule has 0 radical (unpaired) electrons. The number of nitrogens with zero attached hydrogens (tertiary/aromatic N) is 3. The molecule has 1 aliphatic carbocycles. The summed E-state index contributed by atoms with van der Waals surface area (Å²) in [6, 6.07) is 0. The molecule has 0 atom stereocenters. The standard InChI is InChI=1S/C13H22BrN5/c1-15-11-10(14)12(18-9-17-11)16-8-13(19(2)3)6-4-5-7-13/h9H,4-8H2,1-3H3,(H2,15,16,17,18). The molecule has 0 aliphatic heterocycles. The molecule has 1 aromatic rings. The van der Waals surface area contributed by atoms with E-state index >= 15 is 0 Å². The zero-order chi connectivity index (χ0) is 13.9. The number of anilines is 2. The van der Waals surface area contributed by atoms with E-state index in [1.807, 2.05) is 7.05 Å². The van der Waals surface area contributed by atoms with Crippen molar-refractivity contribution in [1.29, 1.82) is 0 Å². The molecule has 2 N–H and O–H groups in total. The van der Waals surface area contributed by atoms with Crippen LogP contribution in [0.1, 0.15) is 25.7 Å². The Balaban J connectivity index is 2.09. The lowest BCUT2D eigenvalue weighted by Crippen LogP contribution is -2.47. The first kappa shape index (κ1) is 14.5. The van der Waals surface area contributed by atoms with Gasteiger partial charge in [0.05, 0.1) is 0 Å². The van der Waals surface area contributed by atoms with E-state index < -0.39 is 0 Å². The lowest BCUT2D eigenvalue weighted by molar-refractivity contribution is 0.172. The number of rotatable bonds is 5. The number of aromatic nitrogens is 2. The topological polar surface area (TPSA) is 53.1 Å². The smallest absolute Gasteiger partial charge is 0.146 e. The molecule has 19 heavy (non-hydrogen) atoms. The van der Waals surface area contributed by atoms with E-state index in [1.54, 1.807) is 6.33 Å². The fourth-order valence-electron chi connectivity index (χ4n) is 2.73. The number of halogens is 1. The molecule has 106 valence electrons. The van der Waals surface area contributed by atoms with E-state index in [0.717, 1.165) is 22.7 Å². The zero-order valence-electron chi connectivity index (χ0n) is 11.8. The van der Waals surface area contributed by atoms with Crippen LogP contribution in [-0.2, 0) is 0 Å². The van der Waals surface area contributed by atoms with Crippen LogP contribution in [0, 0.1) is 0 Å². The van der Waals surface area contributed by atoms with Crippen LogP contribution in [0.15, 0.2) is 10.8 Å². The van der Waals surface area contributed by atoms with Crippen LogP contribution in [0.25, 0.3) is 0 Å². The van der Waals surface area contributed by atoms with Gasteiger partial charge in [-0.15, -0.1) is 0 Å². The quantitative estimate of drug-likeness (QED) is 0.870. The van der Waals surface area contributed by atoms with Gasteiger partial charge in [0, 0.05) is 19.1 Å². The second-order valence-corrected chi connectivity index (χ2v) is 6.11. The maximum Gasteiger partial charge on any atom is 0.146 e. The SMILES string of the molecule is CNc1ncnc(NCC2(N(C)C)CCCC2)c1Br. The molecule has 0 unspecified atom stereocenters. The van der Waals surface area contributed by atoms with Crippen molar-refractivity contribution in [3.8, 4) is 0 Å². The fraction of sp³-hybridized carbons (Fsp3) is 0.692. The first-order valence-electron chi connectivity index (χ1n) is 6.68. The van der Waals surface area contributed by atoms with Crippen molar-refractivity contribution in [3.05, 3.63) is 10.8 Å². The summed E-state index contributed by atoms with van der Waals surface area (Å²) in [5, 5.41) is 6.52. The average Bonchev–Trinajstić information content (AvgIpc) is 2.88. The summed E-state index contributed by atoms with van der Waals surface area (Å²) in [7, 11) is 6.19. The number of hydrogen-bond acceptors (Lipinski definition) is 5. The lowest BCUT2D eigenvalue weighted by atomic mass is 9.96. The maximum absolute atomic E-state index is 4.31. The predicted molar refractivity (Wildman–Crippen MR) is 82.7 cm³/mol. The molecule has 2 rings (SSSR count). The van der Waals surface area contributed by atoms with Gasteiger partial charge >= 0.3 is 0 Å². The minimum atomic E-state index is 0.254. The number of hydrogen-bond donors (Lipinski definition) is 2. The second-order valence-electron chi connectivity index (χ2n) is 5.31. The highest BCUT2D eigenvalue weighted by Crippen LogP contribution is 2.34. The van der Waals surface area contributed by atoms with Crippen molar-refractivity contribution in [2.45, 2.75) is 31.2 Å². The van der Waals surface area contributed by atoms with Crippen LogP contribution in [0.4, 0.5) is 11.6 Å². The van der Waals surface area contributed by atoms with Crippen molar-refractivity contribution < 1.29 is 0 Å². The van der Waals surface area contributed by atoms with Gasteiger partial charge in [-0.3, -0.25) is 0 Å². The number of likely N-dealkylation sites (N-methyl/N-ethyl adjacent to an activating group) is 1. The summed E-state index contributed by atoms with van der Waals surface area (Å²) in [6.45, 7) is 0.915. The van der Waals surface area contributed by atoms with E-state index in [-0.39, 0.29) is 5.54 Å². The molecule has 1 aromatic heterocycles. The van der Waals surface area contributed by atoms with Gasteiger partial charge in [0.25, 0.3) is 0 Å². The van der Waals surface area contributed by atoms with Gasteiger partial charge in [0.15, 0.2) is 0 Å². The molecule has 1 fully saturated rings. The van der Waals surface area contributed by atoms with Crippen molar-refractivity contribution in [3.63, 3.8) is 0 Å². The second kappa shape index (κ2) is 6.05. The first-order chi connectivity index (χ1) is 9.09. The Morgan fingerprint density at radius 3 is 2.47 bits per heavy atom. The molecule has 0 spiro atoms. The highest BCUT2D eigenvalue weighted by Gasteiger charge is 2.35. The lowest BCUT2D eigenvalue weighted by Gasteiger charge is -2.36. The Hall–Kier alpha value is -0.880. The van der Waals surface area contributed by atoms with Crippen molar-refractivity contribution in [1.82, 2.24) is 14.9 Å². The normalized spacial score (nSPS) is 17.7. The monoisotopic (exact) mass is 327 g/mol. The number of nitrogens with one attached hydrogen (secondary N) is 2. The summed E-state index contributed by atoms with van der Waals surface area (Å²) in [5.41, 5.74) is 0.254. The Morgan fingerprint density at radius 1 is 1.26 bits per heavy atom. The third-order valence-corrected chi connectivity index (χ3v) is 4.85. The summed E-state index contributed by atoms with van der Waals surface area (Å²) >= 11 is 3.54. The Kier molecular flexibility index (Phi) is 4.62. The van der Waals surface area contributed by atoms with E-state index in [4.69, 9.17) is 0 Å². The van der Waals surface area contributed by atoms with Gasteiger partial charge in [0.2, 0.25) is 0 Å². The van der Waals surface area contributed by atoms with Crippen molar-refractivity contribution in [2.75, 3.05) is 38.3 Å². The van der Waals surface area contributed by atoms with Crippen LogP contribution < -0.4 is 10.6 Å². The van der Waals surface area contributed by atoms with Gasteiger partial charge < -0.3 is 15.5 Å². The van der Waals surface area contributed by atoms with Crippen LogP contribution in [0.5, 0.6) is 0 Å². The molecule has 0 amide bonds. The molecule has 1 aliphatic rings. The third kappa shape index (κ3) is 3.00.